The SMILES string of the molecule is Cc1cc(Nc2cc(Cl)nc(C(C)C)n2)ccc1Br. The smallest absolute Gasteiger partial charge is 0.135 e. The van der Waals surface area contributed by atoms with Crippen LogP contribution in [0.2, 0.25) is 5.15 Å². The highest BCUT2D eigenvalue weighted by Crippen LogP contribution is 2.24. The normalized spacial score (nSPS) is 10.8. The molecule has 1 aromatic heterocycles. The fraction of sp³-hybridized carbons (Fsp3) is 0.286. The molecule has 0 amide bonds. The summed E-state index contributed by atoms with van der Waals surface area (Å²) >= 11 is 9.50. The van der Waals surface area contributed by atoms with E-state index in [4.69, 9.17) is 11.6 Å². The summed E-state index contributed by atoms with van der Waals surface area (Å²) in [5.41, 5.74) is 2.14. The molecule has 0 unspecified atom stereocenters. The minimum atomic E-state index is 0.242. The van der Waals surface area contributed by atoms with Crippen LogP contribution in [-0.2, 0) is 0 Å². The molecule has 100 valence electrons. The summed E-state index contributed by atoms with van der Waals surface area (Å²) in [6.45, 7) is 6.13. The number of anilines is 2. The lowest BCUT2D eigenvalue weighted by atomic mass is 10.2. The Balaban J connectivity index is 2.29. The molecule has 0 aliphatic heterocycles. The van der Waals surface area contributed by atoms with Crippen molar-refractivity contribution in [3.63, 3.8) is 0 Å². The zero-order chi connectivity index (χ0) is 14.0. The van der Waals surface area contributed by atoms with E-state index in [9.17, 15) is 0 Å². The number of nitrogens with one attached hydrogen (secondary N) is 1. The van der Waals surface area contributed by atoms with Gasteiger partial charge in [0, 0.05) is 22.1 Å². The monoisotopic (exact) mass is 339 g/mol. The third-order valence-electron chi connectivity index (χ3n) is 2.66. The summed E-state index contributed by atoms with van der Waals surface area (Å²) in [6, 6.07) is 7.77. The van der Waals surface area contributed by atoms with Gasteiger partial charge in [-0.3, -0.25) is 0 Å². The highest BCUT2D eigenvalue weighted by molar-refractivity contribution is 9.10. The molecule has 1 aromatic carbocycles. The van der Waals surface area contributed by atoms with Crippen LogP contribution in [-0.4, -0.2) is 9.97 Å². The number of rotatable bonds is 3. The number of hydrogen-bond donors (Lipinski definition) is 1. The van der Waals surface area contributed by atoms with E-state index in [0.29, 0.717) is 11.0 Å². The molecular formula is C14H15BrClN3. The lowest BCUT2D eigenvalue weighted by molar-refractivity contribution is 0.776. The van der Waals surface area contributed by atoms with Crippen LogP contribution < -0.4 is 5.32 Å². The van der Waals surface area contributed by atoms with Crippen LogP contribution in [0.25, 0.3) is 0 Å². The van der Waals surface area contributed by atoms with Crippen LogP contribution in [0.5, 0.6) is 0 Å². The van der Waals surface area contributed by atoms with Crippen molar-refractivity contribution in [3.8, 4) is 0 Å². The second-order valence-corrected chi connectivity index (χ2v) is 5.92. The second kappa shape index (κ2) is 5.88. The number of aromatic nitrogens is 2. The van der Waals surface area contributed by atoms with Crippen molar-refractivity contribution >= 4 is 39.0 Å². The van der Waals surface area contributed by atoms with Crippen LogP contribution in [0.15, 0.2) is 28.7 Å². The predicted molar refractivity (Wildman–Crippen MR) is 83.3 cm³/mol. The van der Waals surface area contributed by atoms with Crippen LogP contribution in [0.1, 0.15) is 31.2 Å². The van der Waals surface area contributed by atoms with Crippen LogP contribution in [0.4, 0.5) is 11.5 Å². The van der Waals surface area contributed by atoms with Crippen molar-refractivity contribution in [3.05, 3.63) is 45.3 Å². The summed E-state index contributed by atoms with van der Waals surface area (Å²) in [6.07, 6.45) is 0. The van der Waals surface area contributed by atoms with Crippen LogP contribution in [0, 0.1) is 6.92 Å². The molecule has 0 saturated heterocycles. The zero-order valence-corrected chi connectivity index (χ0v) is 13.4. The van der Waals surface area contributed by atoms with E-state index >= 15 is 0 Å². The number of benzene rings is 1. The Hall–Kier alpha value is -1.13. The third-order valence-corrected chi connectivity index (χ3v) is 3.74. The van der Waals surface area contributed by atoms with Crippen molar-refractivity contribution in [2.75, 3.05) is 5.32 Å². The first-order chi connectivity index (χ1) is 8.95. The zero-order valence-electron chi connectivity index (χ0n) is 11.0. The first kappa shape index (κ1) is 14.3. The van der Waals surface area contributed by atoms with Gasteiger partial charge in [-0.05, 0) is 30.7 Å². The highest BCUT2D eigenvalue weighted by Gasteiger charge is 2.07. The van der Waals surface area contributed by atoms with Crippen molar-refractivity contribution in [2.45, 2.75) is 26.7 Å². The average molecular weight is 341 g/mol. The van der Waals surface area contributed by atoms with Gasteiger partial charge in [-0.1, -0.05) is 41.4 Å². The van der Waals surface area contributed by atoms with E-state index in [1.807, 2.05) is 32.9 Å². The van der Waals surface area contributed by atoms with E-state index in [2.05, 4.69) is 37.3 Å². The molecule has 0 bridgehead atoms. The summed E-state index contributed by atoms with van der Waals surface area (Å²) in [4.78, 5) is 8.68. The summed E-state index contributed by atoms with van der Waals surface area (Å²) in [5, 5.41) is 3.71. The quantitative estimate of drug-likeness (QED) is 0.793. The van der Waals surface area contributed by atoms with Gasteiger partial charge in [-0.15, -0.1) is 0 Å². The number of aryl methyl sites for hydroxylation is 1. The second-order valence-electron chi connectivity index (χ2n) is 4.68. The maximum atomic E-state index is 6.02. The van der Waals surface area contributed by atoms with E-state index < -0.39 is 0 Å². The minimum Gasteiger partial charge on any atom is -0.340 e. The fourth-order valence-corrected chi connectivity index (χ4v) is 2.06. The molecule has 0 spiro atoms. The lowest BCUT2D eigenvalue weighted by Gasteiger charge is -2.10. The van der Waals surface area contributed by atoms with E-state index in [-0.39, 0.29) is 5.92 Å². The molecule has 1 heterocycles. The number of hydrogen-bond acceptors (Lipinski definition) is 3. The van der Waals surface area contributed by atoms with Gasteiger partial charge in [0.2, 0.25) is 0 Å². The predicted octanol–water partition coefficient (Wildman–Crippen LogP) is 5.07. The number of halogens is 2. The van der Waals surface area contributed by atoms with Gasteiger partial charge in [-0.2, -0.15) is 0 Å². The molecule has 2 aromatic rings. The van der Waals surface area contributed by atoms with Gasteiger partial charge < -0.3 is 5.32 Å². The van der Waals surface area contributed by atoms with Crippen molar-refractivity contribution in [1.82, 2.24) is 9.97 Å². The van der Waals surface area contributed by atoms with Crippen molar-refractivity contribution < 1.29 is 0 Å². The molecule has 0 atom stereocenters. The third kappa shape index (κ3) is 3.67. The Morgan fingerprint density at radius 2 is 1.95 bits per heavy atom. The van der Waals surface area contributed by atoms with E-state index in [1.54, 1.807) is 6.07 Å². The molecule has 2 rings (SSSR count). The van der Waals surface area contributed by atoms with Crippen molar-refractivity contribution in [2.24, 2.45) is 0 Å². The summed E-state index contributed by atoms with van der Waals surface area (Å²) in [7, 11) is 0. The topological polar surface area (TPSA) is 37.8 Å². The molecule has 1 N–H and O–H groups in total. The molecular weight excluding hydrogens is 326 g/mol. The molecule has 3 nitrogen and oxygen atoms in total. The molecule has 19 heavy (non-hydrogen) atoms. The van der Waals surface area contributed by atoms with Gasteiger partial charge in [0.15, 0.2) is 0 Å². The standard InChI is InChI=1S/C14H15BrClN3/c1-8(2)14-18-12(16)7-13(19-14)17-10-4-5-11(15)9(3)6-10/h4-8H,1-3H3,(H,17,18,19). The van der Waals surface area contributed by atoms with Gasteiger partial charge >= 0.3 is 0 Å². The molecule has 0 fully saturated rings. The molecule has 5 heteroatoms. The molecule has 0 aliphatic rings. The largest absolute Gasteiger partial charge is 0.340 e. The van der Waals surface area contributed by atoms with E-state index in [1.165, 1.54) is 0 Å². The van der Waals surface area contributed by atoms with Crippen LogP contribution >= 0.6 is 27.5 Å². The van der Waals surface area contributed by atoms with E-state index in [0.717, 1.165) is 21.5 Å². The van der Waals surface area contributed by atoms with Gasteiger partial charge in [0.25, 0.3) is 0 Å². The fourth-order valence-electron chi connectivity index (χ4n) is 1.63. The Morgan fingerprint density at radius 1 is 1.21 bits per heavy atom. The van der Waals surface area contributed by atoms with Gasteiger partial charge in [0.1, 0.15) is 16.8 Å². The Morgan fingerprint density at radius 3 is 2.58 bits per heavy atom. The minimum absolute atomic E-state index is 0.242. The first-order valence-corrected chi connectivity index (χ1v) is 7.20. The first-order valence-electron chi connectivity index (χ1n) is 6.03. The summed E-state index contributed by atoms with van der Waals surface area (Å²) < 4.78 is 1.08. The Kier molecular flexibility index (Phi) is 4.42. The van der Waals surface area contributed by atoms with Gasteiger partial charge in [0.05, 0.1) is 0 Å². The molecule has 0 radical (unpaired) electrons. The van der Waals surface area contributed by atoms with Crippen LogP contribution in [0.3, 0.4) is 0 Å². The average Bonchev–Trinajstić information content (AvgIpc) is 2.33. The lowest BCUT2D eigenvalue weighted by Crippen LogP contribution is -2.02. The number of nitrogens with zero attached hydrogens (tertiary/aromatic N) is 2. The maximum absolute atomic E-state index is 6.02. The Bertz CT molecular complexity index is 599. The van der Waals surface area contributed by atoms with Gasteiger partial charge in [-0.25, -0.2) is 9.97 Å². The molecule has 0 saturated carbocycles. The highest BCUT2D eigenvalue weighted by atomic mass is 79.9. The molecule has 0 aliphatic carbocycles. The van der Waals surface area contributed by atoms with Crippen molar-refractivity contribution in [1.29, 1.82) is 0 Å². The Labute approximate surface area is 126 Å². The summed E-state index contributed by atoms with van der Waals surface area (Å²) in [5.74, 6) is 1.69. The maximum Gasteiger partial charge on any atom is 0.135 e.